The molecule has 128 valence electrons. The lowest BCUT2D eigenvalue weighted by molar-refractivity contribution is 0.203. The van der Waals surface area contributed by atoms with Crippen LogP contribution in [0.25, 0.3) is 0 Å². The van der Waals surface area contributed by atoms with Gasteiger partial charge in [0.25, 0.3) is 0 Å². The molecule has 6 nitrogen and oxygen atoms in total. The predicted octanol–water partition coefficient (Wildman–Crippen LogP) is 1.27. The van der Waals surface area contributed by atoms with E-state index in [0.29, 0.717) is 26.1 Å². The van der Waals surface area contributed by atoms with Crippen LogP contribution in [0, 0.1) is 5.41 Å². The van der Waals surface area contributed by atoms with Gasteiger partial charge in [0, 0.05) is 33.0 Å². The monoisotopic (exact) mass is 435 g/mol. The maximum atomic E-state index is 11.2. The fourth-order valence-electron chi connectivity index (χ4n) is 1.45. The van der Waals surface area contributed by atoms with Crippen molar-refractivity contribution in [2.45, 2.75) is 27.2 Å². The fraction of sp³-hybridized carbons (Fsp3) is 0.923. The second-order valence-electron chi connectivity index (χ2n) is 5.66. The van der Waals surface area contributed by atoms with Crippen molar-refractivity contribution in [1.29, 1.82) is 0 Å². The lowest BCUT2D eigenvalue weighted by Crippen LogP contribution is -2.39. The van der Waals surface area contributed by atoms with Crippen LogP contribution in [0.4, 0.5) is 0 Å². The van der Waals surface area contributed by atoms with Crippen LogP contribution in [-0.4, -0.2) is 59.7 Å². The van der Waals surface area contributed by atoms with Gasteiger partial charge in [0.2, 0.25) is 0 Å². The number of nitrogens with zero attached hydrogens (tertiary/aromatic N) is 1. The van der Waals surface area contributed by atoms with Gasteiger partial charge in [-0.2, -0.15) is 0 Å². The largest absolute Gasteiger partial charge is 0.383 e. The van der Waals surface area contributed by atoms with E-state index in [1.807, 2.05) is 20.8 Å². The maximum Gasteiger partial charge on any atom is 0.191 e. The minimum Gasteiger partial charge on any atom is -0.383 e. The van der Waals surface area contributed by atoms with E-state index < -0.39 is 9.84 Å². The van der Waals surface area contributed by atoms with Crippen molar-refractivity contribution in [2.75, 3.05) is 45.4 Å². The molecule has 0 aliphatic carbocycles. The third-order valence-corrected chi connectivity index (χ3v) is 3.70. The summed E-state index contributed by atoms with van der Waals surface area (Å²) in [4.78, 5) is 4.50. The second-order valence-corrected chi connectivity index (χ2v) is 7.92. The molecule has 0 aromatic carbocycles. The highest BCUT2D eigenvalue weighted by Gasteiger charge is 2.20. The molecule has 0 aliphatic rings. The number of sulfone groups is 1. The molecule has 0 atom stereocenters. The first-order valence-electron chi connectivity index (χ1n) is 6.89. The number of nitrogens with one attached hydrogen (secondary N) is 2. The van der Waals surface area contributed by atoms with Gasteiger partial charge < -0.3 is 15.4 Å². The van der Waals surface area contributed by atoms with E-state index in [0.717, 1.165) is 12.5 Å². The minimum absolute atomic E-state index is 0. The quantitative estimate of drug-likeness (QED) is 0.247. The van der Waals surface area contributed by atoms with Crippen LogP contribution in [0.1, 0.15) is 27.2 Å². The third kappa shape index (κ3) is 14.6. The zero-order valence-electron chi connectivity index (χ0n) is 13.7. The average molecular weight is 435 g/mol. The Morgan fingerprint density at radius 3 is 2.38 bits per heavy atom. The molecule has 0 aromatic heterocycles. The van der Waals surface area contributed by atoms with Crippen molar-refractivity contribution in [2.24, 2.45) is 10.4 Å². The number of aliphatic imine (C=N–C) groups is 1. The SMILES string of the molecule is CCNC(=NCC(C)(C)CCS(C)(=O)=O)NCCOC.I. The van der Waals surface area contributed by atoms with Crippen LogP contribution < -0.4 is 10.6 Å². The Bertz CT molecular complexity index is 397. The maximum absolute atomic E-state index is 11.2. The van der Waals surface area contributed by atoms with Gasteiger partial charge in [-0.25, -0.2) is 8.42 Å². The van der Waals surface area contributed by atoms with E-state index >= 15 is 0 Å². The molecule has 0 saturated heterocycles. The van der Waals surface area contributed by atoms with Crippen LogP contribution in [0.3, 0.4) is 0 Å². The Hall–Kier alpha value is -0.0900. The van der Waals surface area contributed by atoms with Crippen molar-refractivity contribution in [3.63, 3.8) is 0 Å². The molecular formula is C13H30IN3O3S. The van der Waals surface area contributed by atoms with E-state index in [9.17, 15) is 8.42 Å². The molecule has 0 heterocycles. The van der Waals surface area contributed by atoms with Crippen molar-refractivity contribution < 1.29 is 13.2 Å². The summed E-state index contributed by atoms with van der Waals surface area (Å²) in [5, 5.41) is 6.31. The summed E-state index contributed by atoms with van der Waals surface area (Å²) in [6.07, 6.45) is 1.87. The zero-order valence-corrected chi connectivity index (χ0v) is 16.9. The van der Waals surface area contributed by atoms with E-state index in [4.69, 9.17) is 4.74 Å². The molecule has 21 heavy (non-hydrogen) atoms. The smallest absolute Gasteiger partial charge is 0.191 e. The zero-order chi connectivity index (χ0) is 15.6. The molecule has 0 amide bonds. The third-order valence-electron chi connectivity index (χ3n) is 2.76. The summed E-state index contributed by atoms with van der Waals surface area (Å²) in [6.45, 7) is 8.71. The van der Waals surface area contributed by atoms with Crippen molar-refractivity contribution in [1.82, 2.24) is 10.6 Å². The predicted molar refractivity (Wildman–Crippen MR) is 99.4 cm³/mol. The molecule has 0 rings (SSSR count). The molecule has 0 radical (unpaired) electrons. The van der Waals surface area contributed by atoms with Crippen LogP contribution in [0.15, 0.2) is 4.99 Å². The van der Waals surface area contributed by atoms with Crippen LogP contribution in [0.5, 0.6) is 0 Å². The second kappa shape index (κ2) is 11.5. The molecule has 0 saturated carbocycles. The van der Waals surface area contributed by atoms with Crippen molar-refractivity contribution in [3.05, 3.63) is 0 Å². The molecule has 8 heteroatoms. The summed E-state index contributed by atoms with van der Waals surface area (Å²) in [6, 6.07) is 0. The molecule has 0 spiro atoms. The number of ether oxygens (including phenoxy) is 1. The summed E-state index contributed by atoms with van der Waals surface area (Å²) in [7, 11) is -1.27. The Kier molecular flexibility index (Phi) is 12.7. The lowest BCUT2D eigenvalue weighted by Gasteiger charge is -2.22. The fourth-order valence-corrected chi connectivity index (χ4v) is 2.37. The van der Waals surface area contributed by atoms with Gasteiger partial charge >= 0.3 is 0 Å². The average Bonchev–Trinajstić information content (AvgIpc) is 2.33. The summed E-state index contributed by atoms with van der Waals surface area (Å²) >= 11 is 0. The molecule has 0 aromatic rings. The Balaban J connectivity index is 0. The summed E-state index contributed by atoms with van der Waals surface area (Å²) in [5.41, 5.74) is -0.146. The molecule has 0 unspecified atom stereocenters. The normalized spacial score (nSPS) is 12.7. The standard InChI is InChI=1S/C13H29N3O3S.HI/c1-6-14-12(15-8-9-19-4)16-11-13(2,3)7-10-20(5,17)18;/h6-11H2,1-5H3,(H2,14,15,16);1H. The first-order chi connectivity index (χ1) is 9.20. The Morgan fingerprint density at radius 2 is 1.90 bits per heavy atom. The highest BCUT2D eigenvalue weighted by Crippen LogP contribution is 2.21. The van der Waals surface area contributed by atoms with E-state index in [1.54, 1.807) is 7.11 Å². The number of methoxy groups -OCH3 is 1. The van der Waals surface area contributed by atoms with E-state index in [-0.39, 0.29) is 35.1 Å². The number of rotatable bonds is 9. The van der Waals surface area contributed by atoms with Gasteiger partial charge in [0.1, 0.15) is 9.84 Å². The Morgan fingerprint density at radius 1 is 1.29 bits per heavy atom. The summed E-state index contributed by atoms with van der Waals surface area (Å²) in [5.74, 6) is 0.931. The Labute approximate surface area is 146 Å². The number of hydrogen-bond donors (Lipinski definition) is 2. The number of hydrogen-bond acceptors (Lipinski definition) is 4. The van der Waals surface area contributed by atoms with Crippen LogP contribution in [0.2, 0.25) is 0 Å². The first-order valence-corrected chi connectivity index (χ1v) is 8.95. The minimum atomic E-state index is -2.92. The van der Waals surface area contributed by atoms with E-state index in [1.165, 1.54) is 6.26 Å². The van der Waals surface area contributed by atoms with Crippen LogP contribution in [-0.2, 0) is 14.6 Å². The van der Waals surface area contributed by atoms with Crippen molar-refractivity contribution in [3.8, 4) is 0 Å². The number of halogens is 1. The molecule has 0 fully saturated rings. The van der Waals surface area contributed by atoms with Gasteiger partial charge in [-0.1, -0.05) is 13.8 Å². The van der Waals surface area contributed by atoms with Gasteiger partial charge in [-0.15, -0.1) is 24.0 Å². The first kappa shape index (κ1) is 23.2. The highest BCUT2D eigenvalue weighted by molar-refractivity contribution is 14.0. The molecular weight excluding hydrogens is 405 g/mol. The van der Waals surface area contributed by atoms with Crippen LogP contribution >= 0.6 is 24.0 Å². The topological polar surface area (TPSA) is 79.8 Å². The summed E-state index contributed by atoms with van der Waals surface area (Å²) < 4.78 is 27.4. The molecule has 0 bridgehead atoms. The lowest BCUT2D eigenvalue weighted by atomic mass is 9.90. The number of guanidine groups is 1. The molecule has 2 N–H and O–H groups in total. The van der Waals surface area contributed by atoms with E-state index in [2.05, 4.69) is 15.6 Å². The van der Waals surface area contributed by atoms with Gasteiger partial charge in [-0.05, 0) is 18.8 Å². The van der Waals surface area contributed by atoms with Gasteiger partial charge in [0.15, 0.2) is 5.96 Å². The highest BCUT2D eigenvalue weighted by atomic mass is 127. The van der Waals surface area contributed by atoms with Gasteiger partial charge in [-0.3, -0.25) is 4.99 Å². The van der Waals surface area contributed by atoms with Gasteiger partial charge in [0.05, 0.1) is 12.4 Å². The van der Waals surface area contributed by atoms with Crippen molar-refractivity contribution >= 4 is 39.8 Å². The molecule has 0 aliphatic heterocycles.